The molecule has 1 fully saturated rings. The number of methoxy groups -OCH3 is 1. The van der Waals surface area contributed by atoms with Crippen molar-refractivity contribution < 1.29 is 14.3 Å². The SMILES string of the molecule is CCC(=O)N1CCO[C@H](COC)C1. The molecule has 0 aliphatic carbocycles. The molecule has 76 valence electrons. The zero-order chi connectivity index (χ0) is 9.68. The van der Waals surface area contributed by atoms with Gasteiger partial charge < -0.3 is 14.4 Å². The second-order valence-electron chi connectivity index (χ2n) is 3.14. The third kappa shape index (κ3) is 2.97. The van der Waals surface area contributed by atoms with Crippen molar-refractivity contribution in [1.82, 2.24) is 4.90 Å². The number of hydrogen-bond acceptors (Lipinski definition) is 3. The van der Waals surface area contributed by atoms with Crippen molar-refractivity contribution >= 4 is 5.91 Å². The Labute approximate surface area is 78.8 Å². The first-order chi connectivity index (χ1) is 6.27. The largest absolute Gasteiger partial charge is 0.382 e. The van der Waals surface area contributed by atoms with Crippen LogP contribution in [0.3, 0.4) is 0 Å². The van der Waals surface area contributed by atoms with Gasteiger partial charge in [-0.3, -0.25) is 4.79 Å². The van der Waals surface area contributed by atoms with E-state index in [1.165, 1.54) is 0 Å². The molecule has 0 bridgehead atoms. The van der Waals surface area contributed by atoms with E-state index < -0.39 is 0 Å². The summed E-state index contributed by atoms with van der Waals surface area (Å²) in [6.07, 6.45) is 0.619. The first-order valence-corrected chi connectivity index (χ1v) is 4.66. The van der Waals surface area contributed by atoms with E-state index >= 15 is 0 Å². The number of morpholine rings is 1. The predicted molar refractivity (Wildman–Crippen MR) is 48.5 cm³/mol. The van der Waals surface area contributed by atoms with Gasteiger partial charge in [-0.05, 0) is 0 Å². The van der Waals surface area contributed by atoms with Gasteiger partial charge in [-0.15, -0.1) is 0 Å². The normalized spacial score (nSPS) is 23.2. The number of carbonyl (C=O) groups excluding carboxylic acids is 1. The molecule has 1 aliphatic rings. The lowest BCUT2D eigenvalue weighted by Crippen LogP contribution is -2.46. The monoisotopic (exact) mass is 187 g/mol. The molecule has 0 N–H and O–H groups in total. The number of nitrogens with zero attached hydrogens (tertiary/aromatic N) is 1. The van der Waals surface area contributed by atoms with Crippen molar-refractivity contribution in [1.29, 1.82) is 0 Å². The summed E-state index contributed by atoms with van der Waals surface area (Å²) in [4.78, 5) is 13.2. The van der Waals surface area contributed by atoms with Crippen LogP contribution in [0.15, 0.2) is 0 Å². The Hall–Kier alpha value is -0.610. The fraction of sp³-hybridized carbons (Fsp3) is 0.889. The summed E-state index contributed by atoms with van der Waals surface area (Å²) in [5.41, 5.74) is 0. The van der Waals surface area contributed by atoms with Crippen LogP contribution >= 0.6 is 0 Å². The molecule has 0 aromatic heterocycles. The molecular weight excluding hydrogens is 170 g/mol. The maximum Gasteiger partial charge on any atom is 0.222 e. The average molecular weight is 187 g/mol. The van der Waals surface area contributed by atoms with Gasteiger partial charge >= 0.3 is 0 Å². The third-order valence-electron chi connectivity index (χ3n) is 2.15. The van der Waals surface area contributed by atoms with Crippen LogP contribution in [0.1, 0.15) is 13.3 Å². The Bertz CT molecular complexity index is 170. The molecule has 0 saturated carbocycles. The highest BCUT2D eigenvalue weighted by molar-refractivity contribution is 5.75. The number of ether oxygens (including phenoxy) is 2. The fourth-order valence-corrected chi connectivity index (χ4v) is 1.46. The van der Waals surface area contributed by atoms with Crippen LogP contribution in [-0.4, -0.2) is 50.3 Å². The van der Waals surface area contributed by atoms with Gasteiger partial charge in [-0.1, -0.05) is 6.92 Å². The summed E-state index contributed by atoms with van der Waals surface area (Å²) in [5.74, 6) is 0.199. The maximum atomic E-state index is 11.3. The van der Waals surface area contributed by atoms with Crippen molar-refractivity contribution in [2.75, 3.05) is 33.4 Å². The van der Waals surface area contributed by atoms with Gasteiger partial charge in [0.25, 0.3) is 0 Å². The summed E-state index contributed by atoms with van der Waals surface area (Å²) in [6.45, 7) is 4.45. The van der Waals surface area contributed by atoms with E-state index in [0.29, 0.717) is 32.7 Å². The highest BCUT2D eigenvalue weighted by Gasteiger charge is 2.22. The van der Waals surface area contributed by atoms with Gasteiger partial charge in [0.05, 0.1) is 19.3 Å². The topological polar surface area (TPSA) is 38.8 Å². The van der Waals surface area contributed by atoms with Crippen LogP contribution in [0.25, 0.3) is 0 Å². The predicted octanol–water partition coefficient (Wildman–Crippen LogP) is 0.270. The number of amides is 1. The van der Waals surface area contributed by atoms with Crippen LogP contribution in [0, 0.1) is 0 Å². The first-order valence-electron chi connectivity index (χ1n) is 4.66. The summed E-state index contributed by atoms with van der Waals surface area (Å²) >= 11 is 0. The number of carbonyl (C=O) groups is 1. The molecular formula is C9H17NO3. The minimum Gasteiger partial charge on any atom is -0.382 e. The molecule has 0 aromatic carbocycles. The lowest BCUT2D eigenvalue weighted by Gasteiger charge is -2.32. The quantitative estimate of drug-likeness (QED) is 0.636. The third-order valence-corrected chi connectivity index (χ3v) is 2.15. The Balaban J connectivity index is 2.37. The van der Waals surface area contributed by atoms with Crippen LogP contribution in [0.2, 0.25) is 0 Å². The molecule has 0 radical (unpaired) electrons. The summed E-state index contributed by atoms with van der Waals surface area (Å²) in [5, 5.41) is 0. The minimum atomic E-state index is 0.0502. The van der Waals surface area contributed by atoms with E-state index in [1.54, 1.807) is 7.11 Å². The van der Waals surface area contributed by atoms with E-state index in [4.69, 9.17) is 9.47 Å². The molecule has 0 spiro atoms. The second kappa shape index (κ2) is 5.19. The minimum absolute atomic E-state index is 0.0502. The summed E-state index contributed by atoms with van der Waals surface area (Å²) in [6, 6.07) is 0. The summed E-state index contributed by atoms with van der Waals surface area (Å²) in [7, 11) is 1.64. The standard InChI is InChI=1S/C9H17NO3/c1-3-9(11)10-4-5-13-8(6-10)7-12-2/h8H,3-7H2,1-2H3/t8-/m0/s1. The first kappa shape index (κ1) is 10.5. The Morgan fingerprint density at radius 1 is 1.69 bits per heavy atom. The van der Waals surface area contributed by atoms with Crippen LogP contribution < -0.4 is 0 Å². The van der Waals surface area contributed by atoms with Gasteiger partial charge in [-0.2, -0.15) is 0 Å². The van der Waals surface area contributed by atoms with E-state index in [9.17, 15) is 4.79 Å². The molecule has 1 aliphatic heterocycles. The van der Waals surface area contributed by atoms with Crippen molar-refractivity contribution in [3.8, 4) is 0 Å². The maximum absolute atomic E-state index is 11.3. The Kier molecular flexibility index (Phi) is 4.18. The smallest absolute Gasteiger partial charge is 0.222 e. The van der Waals surface area contributed by atoms with Gasteiger partial charge in [0, 0.05) is 26.6 Å². The molecule has 0 unspecified atom stereocenters. The van der Waals surface area contributed by atoms with Crippen LogP contribution in [0.5, 0.6) is 0 Å². The van der Waals surface area contributed by atoms with Crippen molar-refractivity contribution in [2.24, 2.45) is 0 Å². The fourth-order valence-electron chi connectivity index (χ4n) is 1.46. The van der Waals surface area contributed by atoms with E-state index in [2.05, 4.69) is 0 Å². The van der Waals surface area contributed by atoms with E-state index in [1.807, 2.05) is 11.8 Å². The lowest BCUT2D eigenvalue weighted by molar-refractivity contribution is -0.140. The van der Waals surface area contributed by atoms with Crippen molar-refractivity contribution in [3.63, 3.8) is 0 Å². The molecule has 0 aromatic rings. The molecule has 4 nitrogen and oxygen atoms in total. The Morgan fingerprint density at radius 3 is 3.08 bits per heavy atom. The zero-order valence-corrected chi connectivity index (χ0v) is 8.28. The number of hydrogen-bond donors (Lipinski definition) is 0. The van der Waals surface area contributed by atoms with Crippen molar-refractivity contribution in [3.05, 3.63) is 0 Å². The lowest BCUT2D eigenvalue weighted by atomic mass is 10.2. The average Bonchev–Trinajstić information content (AvgIpc) is 2.18. The molecule has 1 atom stereocenters. The molecule has 4 heteroatoms. The van der Waals surface area contributed by atoms with E-state index in [0.717, 1.165) is 0 Å². The molecule has 1 amide bonds. The molecule has 1 saturated heterocycles. The molecule has 1 rings (SSSR count). The summed E-state index contributed by atoms with van der Waals surface area (Å²) < 4.78 is 10.4. The number of rotatable bonds is 3. The molecule has 1 heterocycles. The van der Waals surface area contributed by atoms with Crippen LogP contribution in [0.4, 0.5) is 0 Å². The van der Waals surface area contributed by atoms with Gasteiger partial charge in [0.15, 0.2) is 0 Å². The van der Waals surface area contributed by atoms with Crippen LogP contribution in [-0.2, 0) is 14.3 Å². The zero-order valence-electron chi connectivity index (χ0n) is 8.28. The van der Waals surface area contributed by atoms with Gasteiger partial charge in [0.2, 0.25) is 5.91 Å². The van der Waals surface area contributed by atoms with Gasteiger partial charge in [0.1, 0.15) is 0 Å². The van der Waals surface area contributed by atoms with Gasteiger partial charge in [-0.25, -0.2) is 0 Å². The molecule has 13 heavy (non-hydrogen) atoms. The van der Waals surface area contributed by atoms with Crippen molar-refractivity contribution in [2.45, 2.75) is 19.4 Å². The second-order valence-corrected chi connectivity index (χ2v) is 3.14. The highest BCUT2D eigenvalue weighted by Crippen LogP contribution is 2.06. The highest BCUT2D eigenvalue weighted by atomic mass is 16.5. The Morgan fingerprint density at radius 2 is 2.46 bits per heavy atom. The van der Waals surface area contributed by atoms with E-state index in [-0.39, 0.29) is 12.0 Å².